The van der Waals surface area contributed by atoms with Gasteiger partial charge in [0.2, 0.25) is 0 Å². The quantitative estimate of drug-likeness (QED) is 0.624. The van der Waals surface area contributed by atoms with Crippen LogP contribution in [0.1, 0.15) is 18.4 Å². The van der Waals surface area contributed by atoms with Gasteiger partial charge in [0.15, 0.2) is 11.0 Å². The summed E-state index contributed by atoms with van der Waals surface area (Å²) < 4.78 is 4.52. The lowest BCUT2D eigenvalue weighted by atomic mass is 10.3. The highest BCUT2D eigenvalue weighted by atomic mass is 15.2. The van der Waals surface area contributed by atoms with Crippen LogP contribution in [0.5, 0.6) is 0 Å². The molecule has 74 valence electrons. The molecule has 0 aliphatic carbocycles. The normalized spacial score (nSPS) is 11.1. The monoisotopic (exact) mass is 190 g/mol. The Morgan fingerprint density at radius 2 is 2.14 bits per heavy atom. The molecule has 0 saturated carbocycles. The maximum Gasteiger partial charge on any atom is 0.254 e. The SMILES string of the molecule is CC[n+]1c(C)n(C)c2ccnc(C)c21. The number of aromatic nitrogens is 3. The van der Waals surface area contributed by atoms with Gasteiger partial charge in [-0.25, -0.2) is 9.13 Å². The summed E-state index contributed by atoms with van der Waals surface area (Å²) in [4.78, 5) is 4.34. The van der Waals surface area contributed by atoms with E-state index >= 15 is 0 Å². The van der Waals surface area contributed by atoms with Crippen molar-refractivity contribution in [1.82, 2.24) is 9.55 Å². The molecule has 2 aromatic rings. The molecule has 2 heterocycles. The predicted molar refractivity (Wildman–Crippen MR) is 56.1 cm³/mol. The molecular weight excluding hydrogens is 174 g/mol. The van der Waals surface area contributed by atoms with E-state index in [1.807, 2.05) is 6.20 Å². The molecule has 0 fully saturated rings. The van der Waals surface area contributed by atoms with E-state index in [-0.39, 0.29) is 0 Å². The van der Waals surface area contributed by atoms with E-state index in [0.29, 0.717) is 0 Å². The average molecular weight is 190 g/mol. The van der Waals surface area contributed by atoms with Crippen LogP contribution in [0, 0.1) is 13.8 Å². The first-order valence-electron chi connectivity index (χ1n) is 4.97. The van der Waals surface area contributed by atoms with Crippen molar-refractivity contribution in [3.8, 4) is 0 Å². The van der Waals surface area contributed by atoms with Gasteiger partial charge in [0.1, 0.15) is 0 Å². The largest absolute Gasteiger partial charge is 0.257 e. The molecule has 0 radical (unpaired) electrons. The van der Waals surface area contributed by atoms with Crippen LogP contribution in [-0.2, 0) is 13.6 Å². The Morgan fingerprint density at radius 1 is 1.43 bits per heavy atom. The smallest absolute Gasteiger partial charge is 0.254 e. The summed E-state index contributed by atoms with van der Waals surface area (Å²) in [6.07, 6.45) is 1.87. The topological polar surface area (TPSA) is 21.7 Å². The number of aryl methyl sites for hydroxylation is 3. The Bertz CT molecular complexity index is 483. The van der Waals surface area contributed by atoms with E-state index in [0.717, 1.165) is 12.2 Å². The highest BCUT2D eigenvalue weighted by molar-refractivity contribution is 5.74. The van der Waals surface area contributed by atoms with Crippen LogP contribution < -0.4 is 4.57 Å². The molecule has 0 atom stereocenters. The van der Waals surface area contributed by atoms with Gasteiger partial charge in [0.25, 0.3) is 5.82 Å². The predicted octanol–water partition coefficient (Wildman–Crippen LogP) is 1.50. The van der Waals surface area contributed by atoms with Crippen LogP contribution in [-0.4, -0.2) is 9.55 Å². The first kappa shape index (κ1) is 9.19. The van der Waals surface area contributed by atoms with Crippen molar-refractivity contribution in [2.45, 2.75) is 27.3 Å². The molecule has 0 N–H and O–H groups in total. The maximum absolute atomic E-state index is 4.34. The van der Waals surface area contributed by atoms with E-state index in [4.69, 9.17) is 0 Å². The second-order valence-electron chi connectivity index (χ2n) is 3.61. The Kier molecular flexibility index (Phi) is 2.02. The molecule has 0 aliphatic heterocycles. The van der Waals surface area contributed by atoms with Gasteiger partial charge in [-0.2, -0.15) is 0 Å². The fourth-order valence-corrected chi connectivity index (χ4v) is 2.05. The zero-order chi connectivity index (χ0) is 10.3. The van der Waals surface area contributed by atoms with Gasteiger partial charge < -0.3 is 0 Å². The van der Waals surface area contributed by atoms with Crippen LogP contribution in [0.25, 0.3) is 11.0 Å². The fourth-order valence-electron chi connectivity index (χ4n) is 2.05. The third kappa shape index (κ3) is 1.05. The lowest BCUT2D eigenvalue weighted by Crippen LogP contribution is -2.35. The minimum absolute atomic E-state index is 0.996. The summed E-state index contributed by atoms with van der Waals surface area (Å²) in [5.74, 6) is 1.28. The van der Waals surface area contributed by atoms with Gasteiger partial charge in [-0.05, 0) is 13.8 Å². The molecule has 3 nitrogen and oxygen atoms in total. The number of fused-ring (bicyclic) bond motifs is 1. The Labute approximate surface area is 84.0 Å². The summed E-state index contributed by atoms with van der Waals surface area (Å²) in [6.45, 7) is 7.37. The molecule has 0 aliphatic rings. The number of imidazole rings is 1. The summed E-state index contributed by atoms with van der Waals surface area (Å²) in [5.41, 5.74) is 3.62. The van der Waals surface area contributed by atoms with Crippen molar-refractivity contribution in [1.29, 1.82) is 0 Å². The third-order valence-electron chi connectivity index (χ3n) is 2.91. The van der Waals surface area contributed by atoms with Gasteiger partial charge in [-0.1, -0.05) is 0 Å². The van der Waals surface area contributed by atoms with E-state index in [1.165, 1.54) is 16.9 Å². The van der Waals surface area contributed by atoms with Crippen LogP contribution in [0.15, 0.2) is 12.3 Å². The number of nitrogens with zero attached hydrogens (tertiary/aromatic N) is 3. The van der Waals surface area contributed by atoms with E-state index in [9.17, 15) is 0 Å². The number of hydrogen-bond acceptors (Lipinski definition) is 1. The fraction of sp³-hybridized carbons (Fsp3) is 0.455. The highest BCUT2D eigenvalue weighted by Gasteiger charge is 2.19. The first-order chi connectivity index (χ1) is 6.66. The van der Waals surface area contributed by atoms with Crippen molar-refractivity contribution >= 4 is 11.0 Å². The summed E-state index contributed by atoms with van der Waals surface area (Å²) in [6, 6.07) is 2.07. The molecule has 0 amide bonds. The van der Waals surface area contributed by atoms with Gasteiger partial charge in [-0.3, -0.25) is 4.98 Å². The Hall–Kier alpha value is -1.38. The van der Waals surface area contributed by atoms with E-state index in [1.54, 1.807) is 0 Å². The van der Waals surface area contributed by atoms with Gasteiger partial charge in [0.05, 0.1) is 19.3 Å². The molecule has 0 saturated heterocycles. The third-order valence-corrected chi connectivity index (χ3v) is 2.91. The summed E-state index contributed by atoms with van der Waals surface area (Å²) >= 11 is 0. The molecule has 2 aromatic heterocycles. The van der Waals surface area contributed by atoms with Crippen molar-refractivity contribution in [2.75, 3.05) is 0 Å². The second-order valence-corrected chi connectivity index (χ2v) is 3.61. The maximum atomic E-state index is 4.34. The van der Waals surface area contributed by atoms with Gasteiger partial charge in [0, 0.05) is 19.2 Å². The van der Waals surface area contributed by atoms with Gasteiger partial charge in [-0.15, -0.1) is 0 Å². The van der Waals surface area contributed by atoms with Crippen LogP contribution in [0.4, 0.5) is 0 Å². The molecular formula is C11H16N3+. The van der Waals surface area contributed by atoms with Crippen molar-refractivity contribution in [3.63, 3.8) is 0 Å². The highest BCUT2D eigenvalue weighted by Crippen LogP contribution is 2.14. The second kappa shape index (κ2) is 3.08. The van der Waals surface area contributed by atoms with Gasteiger partial charge >= 0.3 is 0 Å². The number of pyridine rings is 1. The minimum atomic E-state index is 0.996. The molecule has 3 heteroatoms. The van der Waals surface area contributed by atoms with Crippen molar-refractivity contribution < 1.29 is 4.57 Å². The standard InChI is InChI=1S/C11H16N3/c1-5-14-9(3)13(4)10-6-7-12-8(2)11(10)14/h6-7H,5H2,1-4H3/q+1. The lowest BCUT2D eigenvalue weighted by molar-refractivity contribution is -0.675. The molecule has 0 spiro atoms. The Morgan fingerprint density at radius 3 is 2.79 bits per heavy atom. The number of hydrogen-bond donors (Lipinski definition) is 0. The minimum Gasteiger partial charge on any atom is -0.257 e. The van der Waals surface area contributed by atoms with E-state index in [2.05, 4.69) is 48.0 Å². The molecule has 0 bridgehead atoms. The van der Waals surface area contributed by atoms with E-state index < -0.39 is 0 Å². The molecule has 0 unspecified atom stereocenters. The zero-order valence-electron chi connectivity index (χ0n) is 9.20. The number of rotatable bonds is 1. The van der Waals surface area contributed by atoms with Crippen LogP contribution in [0.2, 0.25) is 0 Å². The average Bonchev–Trinajstić information content (AvgIpc) is 2.43. The van der Waals surface area contributed by atoms with Crippen LogP contribution >= 0.6 is 0 Å². The first-order valence-corrected chi connectivity index (χ1v) is 4.97. The molecule has 14 heavy (non-hydrogen) atoms. The molecule has 2 rings (SSSR count). The zero-order valence-corrected chi connectivity index (χ0v) is 9.20. The molecule has 0 aromatic carbocycles. The van der Waals surface area contributed by atoms with Crippen molar-refractivity contribution in [2.24, 2.45) is 7.05 Å². The summed E-state index contributed by atoms with van der Waals surface area (Å²) in [7, 11) is 2.10. The summed E-state index contributed by atoms with van der Waals surface area (Å²) in [5, 5.41) is 0. The Balaban J connectivity index is 2.96. The lowest BCUT2D eigenvalue weighted by Gasteiger charge is -1.95. The van der Waals surface area contributed by atoms with Crippen molar-refractivity contribution in [3.05, 3.63) is 23.8 Å². The van der Waals surface area contributed by atoms with Crippen LogP contribution in [0.3, 0.4) is 0 Å².